The van der Waals surface area contributed by atoms with Gasteiger partial charge in [-0.15, -0.1) is 0 Å². The molecule has 0 spiro atoms. The molecule has 1 heterocycles. The van der Waals surface area contributed by atoms with Crippen molar-refractivity contribution in [1.29, 1.82) is 5.41 Å². The van der Waals surface area contributed by atoms with Crippen molar-refractivity contribution in [2.75, 3.05) is 0 Å². The molecule has 3 rings (SSSR count). The van der Waals surface area contributed by atoms with Gasteiger partial charge in [-0.1, -0.05) is 30.3 Å². The van der Waals surface area contributed by atoms with Gasteiger partial charge in [0.1, 0.15) is 17.6 Å². The highest BCUT2D eigenvalue weighted by molar-refractivity contribution is 5.93. The third-order valence-electron chi connectivity index (χ3n) is 3.58. The first-order chi connectivity index (χ1) is 9.74. The lowest BCUT2D eigenvalue weighted by Crippen LogP contribution is -2.17. The number of nitrogens with one attached hydrogen (secondary N) is 1. The SMILES string of the molecule is N=C(N)c1cccc(OC2CCCc3ccccc32)n1. The van der Waals surface area contributed by atoms with Crippen molar-refractivity contribution in [3.05, 3.63) is 59.3 Å². The average Bonchev–Trinajstić information content (AvgIpc) is 2.48. The highest BCUT2D eigenvalue weighted by Crippen LogP contribution is 2.32. The molecule has 0 bridgehead atoms. The van der Waals surface area contributed by atoms with Crippen LogP contribution in [0.2, 0.25) is 0 Å². The average molecular weight is 267 g/mol. The van der Waals surface area contributed by atoms with Crippen molar-refractivity contribution in [3.63, 3.8) is 0 Å². The molecular formula is C16H17N3O. The van der Waals surface area contributed by atoms with Crippen LogP contribution in [0.25, 0.3) is 0 Å². The van der Waals surface area contributed by atoms with E-state index in [4.69, 9.17) is 15.9 Å². The molecular weight excluding hydrogens is 250 g/mol. The van der Waals surface area contributed by atoms with Crippen LogP contribution in [0.5, 0.6) is 5.88 Å². The van der Waals surface area contributed by atoms with Gasteiger partial charge >= 0.3 is 0 Å². The normalized spacial score (nSPS) is 17.3. The number of aryl methyl sites for hydroxylation is 1. The molecule has 102 valence electrons. The first-order valence-electron chi connectivity index (χ1n) is 6.80. The Bertz CT molecular complexity index is 639. The topological polar surface area (TPSA) is 72.0 Å². The molecule has 1 atom stereocenters. The van der Waals surface area contributed by atoms with Crippen molar-refractivity contribution in [2.24, 2.45) is 5.73 Å². The molecule has 0 aliphatic heterocycles. The van der Waals surface area contributed by atoms with Crippen LogP contribution in [0.3, 0.4) is 0 Å². The molecule has 3 N–H and O–H groups in total. The van der Waals surface area contributed by atoms with Gasteiger partial charge in [-0.3, -0.25) is 5.41 Å². The quantitative estimate of drug-likeness (QED) is 0.663. The summed E-state index contributed by atoms with van der Waals surface area (Å²) in [7, 11) is 0. The fraction of sp³-hybridized carbons (Fsp3) is 0.250. The van der Waals surface area contributed by atoms with Crippen LogP contribution in [0.1, 0.15) is 35.8 Å². The Morgan fingerprint density at radius 3 is 2.90 bits per heavy atom. The minimum absolute atomic E-state index is 0.0367. The standard InChI is InChI=1S/C16H17N3O/c17-16(18)13-8-4-10-15(19-13)20-14-9-3-6-11-5-1-2-7-12(11)14/h1-2,4-5,7-8,10,14H,3,6,9H2,(H3,17,18). The zero-order valence-corrected chi connectivity index (χ0v) is 11.2. The number of nitrogens with zero attached hydrogens (tertiary/aromatic N) is 1. The maximum Gasteiger partial charge on any atom is 0.214 e. The second kappa shape index (κ2) is 5.33. The molecule has 1 unspecified atom stereocenters. The van der Waals surface area contributed by atoms with Crippen molar-refractivity contribution in [2.45, 2.75) is 25.4 Å². The van der Waals surface area contributed by atoms with Gasteiger partial charge in [-0.2, -0.15) is 0 Å². The summed E-state index contributed by atoms with van der Waals surface area (Å²) in [5, 5.41) is 7.43. The van der Waals surface area contributed by atoms with Crippen LogP contribution >= 0.6 is 0 Å². The van der Waals surface area contributed by atoms with Gasteiger partial charge in [0, 0.05) is 6.07 Å². The second-order valence-corrected chi connectivity index (χ2v) is 4.97. The molecule has 1 aromatic heterocycles. The number of benzene rings is 1. The molecule has 1 aromatic carbocycles. The summed E-state index contributed by atoms with van der Waals surface area (Å²) in [6, 6.07) is 13.7. The number of fused-ring (bicyclic) bond motifs is 1. The zero-order valence-electron chi connectivity index (χ0n) is 11.2. The monoisotopic (exact) mass is 267 g/mol. The first kappa shape index (κ1) is 12.7. The minimum atomic E-state index is -0.0421. The summed E-state index contributed by atoms with van der Waals surface area (Å²) in [6.07, 6.45) is 3.25. The van der Waals surface area contributed by atoms with E-state index in [2.05, 4.69) is 23.2 Å². The van der Waals surface area contributed by atoms with Crippen LogP contribution in [0.15, 0.2) is 42.5 Å². The first-order valence-corrected chi connectivity index (χ1v) is 6.80. The second-order valence-electron chi connectivity index (χ2n) is 4.97. The number of rotatable bonds is 3. The van der Waals surface area contributed by atoms with Gasteiger partial charge in [-0.25, -0.2) is 4.98 Å². The Morgan fingerprint density at radius 1 is 1.20 bits per heavy atom. The van der Waals surface area contributed by atoms with E-state index in [9.17, 15) is 0 Å². The Kier molecular flexibility index (Phi) is 3.37. The Labute approximate surface area is 118 Å². The molecule has 0 amide bonds. The lowest BCUT2D eigenvalue weighted by molar-refractivity contribution is 0.175. The van der Waals surface area contributed by atoms with Gasteiger partial charge in [0.05, 0.1) is 0 Å². The van der Waals surface area contributed by atoms with E-state index >= 15 is 0 Å². The smallest absolute Gasteiger partial charge is 0.214 e. The van der Waals surface area contributed by atoms with E-state index in [1.165, 1.54) is 11.1 Å². The van der Waals surface area contributed by atoms with E-state index in [1.807, 2.05) is 18.2 Å². The maximum absolute atomic E-state index is 7.43. The Morgan fingerprint density at radius 2 is 2.05 bits per heavy atom. The summed E-state index contributed by atoms with van der Waals surface area (Å²) < 4.78 is 6.01. The Balaban J connectivity index is 1.85. The zero-order chi connectivity index (χ0) is 13.9. The molecule has 4 heteroatoms. The predicted molar refractivity (Wildman–Crippen MR) is 78.0 cm³/mol. The molecule has 1 aliphatic rings. The number of pyridine rings is 1. The third-order valence-corrected chi connectivity index (χ3v) is 3.58. The fourth-order valence-electron chi connectivity index (χ4n) is 2.61. The number of hydrogen-bond donors (Lipinski definition) is 2. The van der Waals surface area contributed by atoms with Gasteiger partial charge in [0.2, 0.25) is 5.88 Å². The van der Waals surface area contributed by atoms with Crippen molar-refractivity contribution in [1.82, 2.24) is 4.98 Å². The molecule has 1 aliphatic carbocycles. The number of amidine groups is 1. The molecule has 0 radical (unpaired) electrons. The third kappa shape index (κ3) is 2.50. The number of nitrogen functional groups attached to an aromatic ring is 1. The van der Waals surface area contributed by atoms with E-state index in [1.54, 1.807) is 6.07 Å². The number of ether oxygens (including phenoxy) is 1. The van der Waals surface area contributed by atoms with E-state index < -0.39 is 0 Å². The molecule has 2 aromatic rings. The van der Waals surface area contributed by atoms with Gasteiger partial charge < -0.3 is 10.5 Å². The summed E-state index contributed by atoms with van der Waals surface area (Å²) in [6.45, 7) is 0. The summed E-state index contributed by atoms with van der Waals surface area (Å²) in [5.41, 5.74) is 8.51. The molecule has 0 saturated carbocycles. The van der Waals surface area contributed by atoms with Crippen molar-refractivity contribution in [3.8, 4) is 5.88 Å². The Hall–Kier alpha value is -2.36. The van der Waals surface area contributed by atoms with Gasteiger partial charge in [0.15, 0.2) is 0 Å². The van der Waals surface area contributed by atoms with Gasteiger partial charge in [0.25, 0.3) is 0 Å². The van der Waals surface area contributed by atoms with Crippen LogP contribution in [0.4, 0.5) is 0 Å². The van der Waals surface area contributed by atoms with Crippen LogP contribution in [-0.2, 0) is 6.42 Å². The van der Waals surface area contributed by atoms with Crippen molar-refractivity contribution < 1.29 is 4.74 Å². The van der Waals surface area contributed by atoms with Crippen molar-refractivity contribution >= 4 is 5.84 Å². The molecule has 0 saturated heterocycles. The largest absolute Gasteiger partial charge is 0.469 e. The molecule has 20 heavy (non-hydrogen) atoms. The van der Waals surface area contributed by atoms with E-state index in [-0.39, 0.29) is 11.9 Å². The van der Waals surface area contributed by atoms with E-state index in [0.29, 0.717) is 11.6 Å². The number of aromatic nitrogens is 1. The van der Waals surface area contributed by atoms with E-state index in [0.717, 1.165) is 19.3 Å². The predicted octanol–water partition coefficient (Wildman–Crippen LogP) is 2.82. The summed E-state index contributed by atoms with van der Waals surface area (Å²) in [5.74, 6) is 0.485. The highest BCUT2D eigenvalue weighted by Gasteiger charge is 2.21. The summed E-state index contributed by atoms with van der Waals surface area (Å²) >= 11 is 0. The van der Waals surface area contributed by atoms with Crippen LogP contribution in [0, 0.1) is 5.41 Å². The highest BCUT2D eigenvalue weighted by atomic mass is 16.5. The molecule has 4 nitrogen and oxygen atoms in total. The summed E-state index contributed by atoms with van der Waals surface area (Å²) in [4.78, 5) is 4.27. The van der Waals surface area contributed by atoms with Crippen LogP contribution < -0.4 is 10.5 Å². The van der Waals surface area contributed by atoms with Crippen LogP contribution in [-0.4, -0.2) is 10.8 Å². The fourth-order valence-corrected chi connectivity index (χ4v) is 2.61. The molecule has 0 fully saturated rings. The van der Waals surface area contributed by atoms with Gasteiger partial charge in [-0.05, 0) is 36.5 Å². The lowest BCUT2D eigenvalue weighted by atomic mass is 9.89. The lowest BCUT2D eigenvalue weighted by Gasteiger charge is -2.25. The minimum Gasteiger partial charge on any atom is -0.469 e. The number of hydrogen-bond acceptors (Lipinski definition) is 3. The number of nitrogens with two attached hydrogens (primary N) is 1. The maximum atomic E-state index is 7.43.